The zero-order chi connectivity index (χ0) is 16.9. The molecule has 2 saturated heterocycles. The molecule has 0 aliphatic carbocycles. The van der Waals surface area contributed by atoms with Crippen LogP contribution in [0.4, 0.5) is 0 Å². The number of rotatable bonds is 2. The lowest BCUT2D eigenvalue weighted by molar-refractivity contribution is 0.000502. The van der Waals surface area contributed by atoms with Gasteiger partial charge in [-0.25, -0.2) is 4.98 Å². The van der Waals surface area contributed by atoms with E-state index < -0.39 is 0 Å². The maximum atomic E-state index is 12.7. The summed E-state index contributed by atoms with van der Waals surface area (Å²) in [5.74, 6) is 2.06. The first-order valence-corrected chi connectivity index (χ1v) is 8.44. The fourth-order valence-electron chi connectivity index (χ4n) is 4.23. The predicted octanol–water partition coefficient (Wildman–Crippen LogP) is 2.46. The highest BCUT2D eigenvalue weighted by molar-refractivity contribution is 5.95. The summed E-state index contributed by atoms with van der Waals surface area (Å²) in [6, 6.07) is 7.82. The van der Waals surface area contributed by atoms with Gasteiger partial charge in [-0.15, -0.1) is 0 Å². The van der Waals surface area contributed by atoms with E-state index in [0.717, 1.165) is 49.0 Å². The minimum atomic E-state index is 0.0749. The van der Waals surface area contributed by atoms with Crippen molar-refractivity contribution in [1.82, 2.24) is 14.8 Å². The van der Waals surface area contributed by atoms with Crippen LogP contribution in [0.2, 0.25) is 0 Å². The lowest BCUT2D eigenvalue weighted by atomic mass is 9.71. The summed E-state index contributed by atoms with van der Waals surface area (Å²) < 4.78 is 5.80. The molecule has 1 atom stereocenters. The molecule has 5 heteroatoms. The van der Waals surface area contributed by atoms with E-state index in [1.165, 1.54) is 0 Å². The van der Waals surface area contributed by atoms with Crippen LogP contribution in [0.3, 0.4) is 0 Å². The second-order valence-electron chi connectivity index (χ2n) is 7.45. The van der Waals surface area contributed by atoms with Gasteiger partial charge in [0.15, 0.2) is 5.89 Å². The normalized spacial score (nSPS) is 22.8. The molecule has 1 spiro atoms. The van der Waals surface area contributed by atoms with E-state index >= 15 is 0 Å². The SMILES string of the molecule is Cc1cccc(C(=O)N2CC3(CN(C)CC3c3ncc(C)o3)C2)c1. The molecule has 1 amide bonds. The highest BCUT2D eigenvalue weighted by atomic mass is 16.4. The molecule has 1 aromatic heterocycles. The standard InChI is InChI=1S/C19H23N3O2/c1-13-5-4-6-15(7-13)18(23)22-11-19(12-22)10-21(3)9-16(19)17-20-8-14(2)24-17/h4-8,16H,9-12H2,1-3H3. The molecule has 3 heterocycles. The van der Waals surface area contributed by atoms with Gasteiger partial charge >= 0.3 is 0 Å². The van der Waals surface area contributed by atoms with Crippen LogP contribution in [0.15, 0.2) is 34.9 Å². The van der Waals surface area contributed by atoms with Gasteiger partial charge in [-0.2, -0.15) is 0 Å². The largest absolute Gasteiger partial charge is 0.446 e. The summed E-state index contributed by atoms with van der Waals surface area (Å²) in [4.78, 5) is 21.4. The number of likely N-dealkylation sites (tertiary alicyclic amines) is 2. The van der Waals surface area contributed by atoms with Gasteiger partial charge in [0, 0.05) is 37.2 Å². The molecule has 2 fully saturated rings. The molecule has 1 aromatic carbocycles. The highest BCUT2D eigenvalue weighted by Gasteiger charge is 2.56. The summed E-state index contributed by atoms with van der Waals surface area (Å²) in [5, 5.41) is 0. The van der Waals surface area contributed by atoms with E-state index in [-0.39, 0.29) is 17.2 Å². The number of nitrogens with zero attached hydrogens (tertiary/aromatic N) is 3. The van der Waals surface area contributed by atoms with Crippen molar-refractivity contribution in [1.29, 1.82) is 0 Å². The molecule has 126 valence electrons. The van der Waals surface area contributed by atoms with E-state index in [9.17, 15) is 4.79 Å². The number of oxazole rings is 1. The molecular weight excluding hydrogens is 302 g/mol. The summed E-state index contributed by atoms with van der Waals surface area (Å²) >= 11 is 0. The molecule has 24 heavy (non-hydrogen) atoms. The average molecular weight is 325 g/mol. The van der Waals surface area contributed by atoms with Gasteiger partial charge in [-0.1, -0.05) is 17.7 Å². The van der Waals surface area contributed by atoms with Gasteiger partial charge in [0.2, 0.25) is 0 Å². The van der Waals surface area contributed by atoms with Crippen molar-refractivity contribution in [2.45, 2.75) is 19.8 Å². The molecule has 0 saturated carbocycles. The van der Waals surface area contributed by atoms with E-state index in [4.69, 9.17) is 4.42 Å². The van der Waals surface area contributed by atoms with Crippen LogP contribution in [0.5, 0.6) is 0 Å². The smallest absolute Gasteiger partial charge is 0.253 e. The molecule has 0 radical (unpaired) electrons. The third-order valence-corrected chi connectivity index (χ3v) is 5.32. The van der Waals surface area contributed by atoms with Crippen LogP contribution < -0.4 is 0 Å². The molecule has 0 N–H and O–H groups in total. The Kier molecular flexibility index (Phi) is 3.49. The Balaban J connectivity index is 1.53. The van der Waals surface area contributed by atoms with Crippen LogP contribution in [0.1, 0.15) is 33.5 Å². The van der Waals surface area contributed by atoms with Gasteiger partial charge in [0.05, 0.1) is 12.1 Å². The number of likely N-dealkylation sites (N-methyl/N-ethyl adjacent to an activating group) is 1. The fourth-order valence-corrected chi connectivity index (χ4v) is 4.23. The first-order chi connectivity index (χ1) is 11.5. The van der Waals surface area contributed by atoms with E-state index in [2.05, 4.69) is 16.9 Å². The number of aromatic nitrogens is 1. The van der Waals surface area contributed by atoms with Gasteiger partial charge in [-0.3, -0.25) is 4.79 Å². The van der Waals surface area contributed by atoms with Crippen molar-refractivity contribution < 1.29 is 9.21 Å². The van der Waals surface area contributed by atoms with Gasteiger partial charge in [-0.05, 0) is 33.0 Å². The summed E-state index contributed by atoms with van der Waals surface area (Å²) in [6.45, 7) is 7.41. The fraction of sp³-hybridized carbons (Fsp3) is 0.474. The summed E-state index contributed by atoms with van der Waals surface area (Å²) in [7, 11) is 2.13. The first-order valence-electron chi connectivity index (χ1n) is 8.44. The molecule has 2 aliphatic heterocycles. The zero-order valence-electron chi connectivity index (χ0n) is 14.5. The van der Waals surface area contributed by atoms with E-state index in [1.807, 2.05) is 43.0 Å². The maximum absolute atomic E-state index is 12.7. The number of hydrogen-bond acceptors (Lipinski definition) is 4. The first kappa shape index (κ1) is 15.4. The monoisotopic (exact) mass is 325 g/mol. The van der Waals surface area contributed by atoms with Gasteiger partial charge < -0.3 is 14.2 Å². The third kappa shape index (κ3) is 2.44. The number of benzene rings is 1. The van der Waals surface area contributed by atoms with Crippen molar-refractivity contribution in [2.24, 2.45) is 5.41 Å². The molecular formula is C19H23N3O2. The number of hydrogen-bond donors (Lipinski definition) is 0. The zero-order valence-corrected chi connectivity index (χ0v) is 14.5. The Morgan fingerprint density at radius 3 is 2.75 bits per heavy atom. The number of carbonyl (C=O) groups is 1. The van der Waals surface area contributed by atoms with Crippen molar-refractivity contribution in [3.05, 3.63) is 53.2 Å². The predicted molar refractivity (Wildman–Crippen MR) is 91.0 cm³/mol. The molecule has 5 nitrogen and oxygen atoms in total. The highest BCUT2D eigenvalue weighted by Crippen LogP contribution is 2.48. The van der Waals surface area contributed by atoms with Gasteiger partial charge in [0.25, 0.3) is 5.91 Å². The second-order valence-corrected chi connectivity index (χ2v) is 7.45. The topological polar surface area (TPSA) is 49.6 Å². The maximum Gasteiger partial charge on any atom is 0.253 e. The minimum Gasteiger partial charge on any atom is -0.446 e. The molecule has 4 rings (SSSR count). The molecule has 1 unspecified atom stereocenters. The number of aryl methyl sites for hydroxylation is 2. The lowest BCUT2D eigenvalue weighted by Crippen LogP contribution is -2.61. The lowest BCUT2D eigenvalue weighted by Gasteiger charge is -2.50. The minimum absolute atomic E-state index is 0.0749. The van der Waals surface area contributed by atoms with Crippen LogP contribution in [-0.2, 0) is 0 Å². The summed E-state index contributed by atoms with van der Waals surface area (Å²) in [6.07, 6.45) is 1.79. The van der Waals surface area contributed by atoms with E-state index in [0.29, 0.717) is 0 Å². The van der Waals surface area contributed by atoms with Crippen LogP contribution in [-0.4, -0.2) is 53.9 Å². The Bertz CT molecular complexity index is 776. The molecule has 2 aliphatic rings. The number of carbonyl (C=O) groups excluding carboxylic acids is 1. The Morgan fingerprint density at radius 1 is 1.29 bits per heavy atom. The molecule has 2 aromatic rings. The third-order valence-electron chi connectivity index (χ3n) is 5.32. The van der Waals surface area contributed by atoms with Crippen molar-refractivity contribution >= 4 is 5.91 Å². The Morgan fingerprint density at radius 2 is 2.08 bits per heavy atom. The van der Waals surface area contributed by atoms with Crippen LogP contribution in [0.25, 0.3) is 0 Å². The quantitative estimate of drug-likeness (QED) is 0.851. The second kappa shape index (κ2) is 5.45. The van der Waals surface area contributed by atoms with Crippen LogP contribution in [0, 0.1) is 19.3 Å². The van der Waals surface area contributed by atoms with Gasteiger partial charge in [0.1, 0.15) is 5.76 Å². The summed E-state index contributed by atoms with van der Waals surface area (Å²) in [5.41, 5.74) is 1.97. The van der Waals surface area contributed by atoms with Crippen molar-refractivity contribution in [3.63, 3.8) is 0 Å². The Labute approximate surface area is 142 Å². The number of amides is 1. The average Bonchev–Trinajstić information content (AvgIpc) is 3.08. The Hall–Kier alpha value is -2.14. The van der Waals surface area contributed by atoms with E-state index in [1.54, 1.807) is 6.20 Å². The van der Waals surface area contributed by atoms with Crippen LogP contribution >= 0.6 is 0 Å². The molecule has 0 bridgehead atoms. The van der Waals surface area contributed by atoms with Crippen molar-refractivity contribution in [2.75, 3.05) is 33.2 Å². The van der Waals surface area contributed by atoms with Crippen molar-refractivity contribution in [3.8, 4) is 0 Å².